The Balaban J connectivity index is 1.89. The predicted octanol–water partition coefficient (Wildman–Crippen LogP) is 5.20. The number of nitrogens with one attached hydrogen (secondary N) is 2. The summed E-state index contributed by atoms with van der Waals surface area (Å²) in [4.78, 5) is 25.8. The van der Waals surface area contributed by atoms with E-state index in [4.69, 9.17) is 34.8 Å². The second-order valence-corrected chi connectivity index (χ2v) is 6.78. The van der Waals surface area contributed by atoms with Gasteiger partial charge in [0, 0.05) is 25.2 Å². The molecule has 13 heteroatoms. The van der Waals surface area contributed by atoms with E-state index in [9.17, 15) is 28.1 Å². The van der Waals surface area contributed by atoms with Crippen molar-refractivity contribution in [3.8, 4) is 0 Å². The molecule has 1 aromatic heterocycles. The standard InChI is InChI=1S/C16H12Cl3F3N4O3/c17-11-3-2-8(26(28)29)6-9(11)15(27)24-5-1-4-23-14-12(18)7-10(13(19)25-14)16(20,21)22/h2-3,6-7H,1,4-5H2,(H,23,25)(H,24,27). The van der Waals surface area contributed by atoms with Crippen molar-refractivity contribution in [2.24, 2.45) is 0 Å². The highest BCUT2D eigenvalue weighted by Gasteiger charge is 2.34. The fourth-order valence-corrected chi connectivity index (χ4v) is 2.85. The third-order valence-electron chi connectivity index (χ3n) is 3.57. The van der Waals surface area contributed by atoms with Gasteiger partial charge in [-0.25, -0.2) is 4.98 Å². The number of halogens is 6. The Morgan fingerprint density at radius 3 is 2.45 bits per heavy atom. The Morgan fingerprint density at radius 2 is 1.83 bits per heavy atom. The molecule has 0 aliphatic carbocycles. The van der Waals surface area contributed by atoms with Crippen molar-refractivity contribution in [1.29, 1.82) is 0 Å². The van der Waals surface area contributed by atoms with Crippen molar-refractivity contribution in [3.05, 3.63) is 60.7 Å². The van der Waals surface area contributed by atoms with Gasteiger partial charge in [-0.3, -0.25) is 14.9 Å². The van der Waals surface area contributed by atoms with Gasteiger partial charge in [0.1, 0.15) is 11.0 Å². The number of non-ortho nitro benzene ring substituents is 1. The average molecular weight is 472 g/mol. The topological polar surface area (TPSA) is 97.2 Å². The van der Waals surface area contributed by atoms with Gasteiger partial charge in [0.2, 0.25) is 0 Å². The quantitative estimate of drug-likeness (QED) is 0.250. The summed E-state index contributed by atoms with van der Waals surface area (Å²) in [5, 5.41) is 15.1. The van der Waals surface area contributed by atoms with Crippen molar-refractivity contribution in [2.75, 3.05) is 18.4 Å². The Kier molecular flexibility index (Phi) is 7.50. The van der Waals surface area contributed by atoms with Crippen LogP contribution in [0, 0.1) is 10.1 Å². The molecule has 0 spiro atoms. The number of carbonyl (C=O) groups excluding carboxylic acids is 1. The zero-order valence-corrected chi connectivity index (χ0v) is 16.6. The van der Waals surface area contributed by atoms with Crippen molar-refractivity contribution >= 4 is 52.2 Å². The van der Waals surface area contributed by atoms with Crippen LogP contribution < -0.4 is 10.6 Å². The fourth-order valence-electron chi connectivity index (χ4n) is 2.18. The third-order valence-corrected chi connectivity index (χ3v) is 4.48. The van der Waals surface area contributed by atoms with Crippen LogP contribution in [0.4, 0.5) is 24.7 Å². The maximum Gasteiger partial charge on any atom is 0.419 e. The molecule has 0 radical (unpaired) electrons. The van der Waals surface area contributed by atoms with Gasteiger partial charge in [-0.1, -0.05) is 34.8 Å². The number of alkyl halides is 3. The molecule has 2 aromatic rings. The maximum absolute atomic E-state index is 12.7. The molecule has 1 aromatic carbocycles. The number of aromatic nitrogens is 1. The summed E-state index contributed by atoms with van der Waals surface area (Å²) in [5.41, 5.74) is -1.47. The summed E-state index contributed by atoms with van der Waals surface area (Å²) in [6.07, 6.45) is -4.33. The highest BCUT2D eigenvalue weighted by atomic mass is 35.5. The minimum Gasteiger partial charge on any atom is -0.369 e. The molecule has 0 unspecified atom stereocenters. The van der Waals surface area contributed by atoms with E-state index in [1.165, 1.54) is 12.1 Å². The summed E-state index contributed by atoms with van der Waals surface area (Å²) >= 11 is 17.2. The summed E-state index contributed by atoms with van der Waals surface area (Å²) in [6.45, 7) is 0.355. The summed E-state index contributed by atoms with van der Waals surface area (Å²) in [5.74, 6) is -0.634. The van der Waals surface area contributed by atoms with Gasteiger partial charge in [-0.05, 0) is 18.6 Å². The van der Waals surface area contributed by atoms with Crippen LogP contribution in [-0.2, 0) is 6.18 Å². The number of nitro groups is 1. The molecule has 0 saturated carbocycles. The highest BCUT2D eigenvalue weighted by Crippen LogP contribution is 2.37. The van der Waals surface area contributed by atoms with E-state index < -0.39 is 27.7 Å². The maximum atomic E-state index is 12.7. The van der Waals surface area contributed by atoms with E-state index in [1.54, 1.807) is 0 Å². The number of pyridine rings is 1. The van der Waals surface area contributed by atoms with E-state index >= 15 is 0 Å². The lowest BCUT2D eigenvalue weighted by atomic mass is 10.2. The minimum absolute atomic E-state index is 0.0299. The zero-order chi connectivity index (χ0) is 21.8. The molecule has 2 N–H and O–H groups in total. The van der Waals surface area contributed by atoms with Gasteiger partial charge in [0.25, 0.3) is 11.6 Å². The SMILES string of the molecule is O=C(NCCCNc1nc(Cl)c(C(F)(F)F)cc1Cl)c1cc([N+](=O)[O-])ccc1Cl. The first-order chi connectivity index (χ1) is 13.5. The molecule has 2 rings (SSSR count). The number of benzene rings is 1. The van der Waals surface area contributed by atoms with Crippen LogP contribution in [0.5, 0.6) is 0 Å². The second kappa shape index (κ2) is 9.47. The Bertz CT molecular complexity index is 942. The molecule has 29 heavy (non-hydrogen) atoms. The van der Waals surface area contributed by atoms with Crippen LogP contribution in [0.1, 0.15) is 22.3 Å². The highest BCUT2D eigenvalue weighted by molar-refractivity contribution is 6.34. The molecule has 0 atom stereocenters. The molecule has 1 heterocycles. The molecule has 0 aliphatic rings. The van der Waals surface area contributed by atoms with Crippen LogP contribution in [0.15, 0.2) is 24.3 Å². The Morgan fingerprint density at radius 1 is 1.14 bits per heavy atom. The summed E-state index contributed by atoms with van der Waals surface area (Å²) in [7, 11) is 0. The number of hydrogen-bond acceptors (Lipinski definition) is 5. The number of carbonyl (C=O) groups is 1. The second-order valence-electron chi connectivity index (χ2n) is 5.61. The van der Waals surface area contributed by atoms with Gasteiger partial charge < -0.3 is 10.6 Å². The lowest BCUT2D eigenvalue weighted by Crippen LogP contribution is -2.26. The first-order valence-electron chi connectivity index (χ1n) is 7.90. The molecule has 0 bridgehead atoms. The molecule has 1 amide bonds. The van der Waals surface area contributed by atoms with Crippen LogP contribution in [-0.4, -0.2) is 28.9 Å². The van der Waals surface area contributed by atoms with Crippen molar-refractivity contribution in [2.45, 2.75) is 12.6 Å². The van der Waals surface area contributed by atoms with E-state index in [0.717, 1.165) is 6.07 Å². The lowest BCUT2D eigenvalue weighted by molar-refractivity contribution is -0.384. The molecular weight excluding hydrogens is 460 g/mol. The van der Waals surface area contributed by atoms with Gasteiger partial charge in [-0.2, -0.15) is 13.2 Å². The molecular formula is C16H12Cl3F3N4O3. The smallest absolute Gasteiger partial charge is 0.369 e. The van der Waals surface area contributed by atoms with Gasteiger partial charge >= 0.3 is 6.18 Å². The number of amides is 1. The van der Waals surface area contributed by atoms with Gasteiger partial charge in [0.15, 0.2) is 0 Å². The largest absolute Gasteiger partial charge is 0.419 e. The van der Waals surface area contributed by atoms with Crippen molar-refractivity contribution in [1.82, 2.24) is 10.3 Å². The van der Waals surface area contributed by atoms with Crippen LogP contribution in [0.2, 0.25) is 15.2 Å². The monoisotopic (exact) mass is 470 g/mol. The number of anilines is 1. The van der Waals surface area contributed by atoms with Gasteiger partial charge in [0.05, 0.1) is 26.1 Å². The first kappa shape index (κ1) is 23.0. The molecule has 0 aliphatic heterocycles. The van der Waals surface area contributed by atoms with Crippen LogP contribution >= 0.6 is 34.8 Å². The number of nitro benzene ring substituents is 1. The predicted molar refractivity (Wildman–Crippen MR) is 103 cm³/mol. The van der Waals surface area contributed by atoms with E-state index in [0.29, 0.717) is 12.5 Å². The Hall–Kier alpha value is -2.30. The first-order valence-corrected chi connectivity index (χ1v) is 9.03. The molecule has 0 fully saturated rings. The normalized spacial score (nSPS) is 11.2. The zero-order valence-electron chi connectivity index (χ0n) is 14.3. The van der Waals surface area contributed by atoms with Gasteiger partial charge in [-0.15, -0.1) is 0 Å². The average Bonchev–Trinajstić information content (AvgIpc) is 2.62. The van der Waals surface area contributed by atoms with Crippen LogP contribution in [0.25, 0.3) is 0 Å². The summed E-state index contributed by atoms with van der Waals surface area (Å²) < 4.78 is 38.2. The molecule has 7 nitrogen and oxygen atoms in total. The van der Waals surface area contributed by atoms with Crippen molar-refractivity contribution in [3.63, 3.8) is 0 Å². The van der Waals surface area contributed by atoms with E-state index in [1.807, 2.05) is 0 Å². The van der Waals surface area contributed by atoms with E-state index in [-0.39, 0.29) is 40.2 Å². The fraction of sp³-hybridized carbons (Fsp3) is 0.250. The third kappa shape index (κ3) is 6.09. The van der Waals surface area contributed by atoms with Crippen LogP contribution in [0.3, 0.4) is 0 Å². The minimum atomic E-state index is -4.68. The van der Waals surface area contributed by atoms with E-state index in [2.05, 4.69) is 15.6 Å². The summed E-state index contributed by atoms with van der Waals surface area (Å²) in [6, 6.07) is 4.16. The van der Waals surface area contributed by atoms with Crippen molar-refractivity contribution < 1.29 is 22.9 Å². The molecule has 0 saturated heterocycles. The number of nitrogens with zero attached hydrogens (tertiary/aromatic N) is 2. The number of hydrogen-bond donors (Lipinski definition) is 2. The Labute approximate surface area is 177 Å². The molecule has 156 valence electrons. The lowest BCUT2D eigenvalue weighted by Gasteiger charge is -2.13. The number of rotatable bonds is 7.